The molecule has 1 rings (SSSR count). The second kappa shape index (κ2) is 2.56. The molecule has 1 heterocycles. The Hall–Kier alpha value is -0.000000000000000111. The van der Waals surface area contributed by atoms with Gasteiger partial charge < -0.3 is 4.42 Å². The summed E-state index contributed by atoms with van der Waals surface area (Å²) in [4.78, 5) is 0. The van der Waals surface area contributed by atoms with Gasteiger partial charge in [0.15, 0.2) is 4.67 Å². The predicted octanol–water partition coefficient (Wildman–Crippen LogP) is 1.97. The van der Waals surface area contributed by atoms with E-state index >= 15 is 0 Å². The van der Waals surface area contributed by atoms with E-state index in [0.717, 1.165) is 0 Å². The van der Waals surface area contributed by atoms with Gasteiger partial charge in [-0.1, -0.05) is 0 Å². The third-order valence-corrected chi connectivity index (χ3v) is 2.37. The molecule has 0 atom stereocenters. The highest BCUT2D eigenvalue weighted by atomic mass is 79.9. The lowest BCUT2D eigenvalue weighted by atomic mass is 10.7. The molecule has 0 spiro atoms. The van der Waals surface area contributed by atoms with E-state index in [0.29, 0.717) is 4.67 Å². The third kappa shape index (κ3) is 1.74. The molecule has 0 aliphatic carbocycles. The minimum absolute atomic E-state index is 0.249. The zero-order chi connectivity index (χ0) is 7.78. The minimum atomic E-state index is -3.71. The molecule has 0 aromatic carbocycles. The standard InChI is InChI=1S/C4H2BrClO3S/c5-3-1-2-4(9-3)10(6,7)8/h1-2H. The van der Waals surface area contributed by atoms with Crippen LogP contribution in [0.4, 0.5) is 0 Å². The van der Waals surface area contributed by atoms with E-state index in [2.05, 4.69) is 20.3 Å². The summed E-state index contributed by atoms with van der Waals surface area (Å²) in [5, 5.41) is -0.249. The van der Waals surface area contributed by atoms with Crippen LogP contribution in [0.3, 0.4) is 0 Å². The first-order valence-corrected chi connectivity index (χ1v) is 5.30. The minimum Gasteiger partial charge on any atom is -0.437 e. The highest BCUT2D eigenvalue weighted by molar-refractivity contribution is 9.10. The second-order valence-corrected chi connectivity index (χ2v) is 4.77. The second-order valence-electron chi connectivity index (χ2n) is 1.50. The van der Waals surface area contributed by atoms with Crippen molar-refractivity contribution in [2.75, 3.05) is 0 Å². The van der Waals surface area contributed by atoms with E-state index < -0.39 is 9.05 Å². The fourth-order valence-corrected chi connectivity index (χ4v) is 1.51. The third-order valence-electron chi connectivity index (χ3n) is 0.789. The van der Waals surface area contributed by atoms with Crippen LogP contribution in [0.2, 0.25) is 0 Å². The number of hydrogen-bond donors (Lipinski definition) is 0. The molecule has 0 unspecified atom stereocenters. The van der Waals surface area contributed by atoms with Crippen LogP contribution < -0.4 is 0 Å². The van der Waals surface area contributed by atoms with Crippen molar-refractivity contribution in [3.05, 3.63) is 16.8 Å². The van der Waals surface area contributed by atoms with Crippen LogP contribution in [-0.4, -0.2) is 8.42 Å². The van der Waals surface area contributed by atoms with Crippen LogP contribution in [-0.2, 0) is 9.05 Å². The van der Waals surface area contributed by atoms with Crippen LogP contribution >= 0.6 is 26.6 Å². The maximum Gasteiger partial charge on any atom is 0.294 e. The predicted molar refractivity (Wildman–Crippen MR) is 39.4 cm³/mol. The average molecular weight is 245 g/mol. The first-order valence-electron chi connectivity index (χ1n) is 2.20. The molecule has 3 nitrogen and oxygen atoms in total. The van der Waals surface area contributed by atoms with Gasteiger partial charge in [0.25, 0.3) is 9.05 Å². The molecule has 0 radical (unpaired) electrons. The quantitative estimate of drug-likeness (QED) is 0.711. The smallest absolute Gasteiger partial charge is 0.294 e. The van der Waals surface area contributed by atoms with Crippen molar-refractivity contribution < 1.29 is 12.8 Å². The molecule has 1 aromatic rings. The molecule has 1 aromatic heterocycles. The van der Waals surface area contributed by atoms with Gasteiger partial charge in [0.2, 0.25) is 5.09 Å². The van der Waals surface area contributed by atoms with Crippen molar-refractivity contribution in [1.82, 2.24) is 0 Å². The molecule has 0 amide bonds. The summed E-state index contributed by atoms with van der Waals surface area (Å²) in [5.74, 6) is 0. The molecule has 0 aliphatic heterocycles. The zero-order valence-electron chi connectivity index (χ0n) is 4.54. The van der Waals surface area contributed by atoms with E-state index in [1.165, 1.54) is 12.1 Å². The first-order chi connectivity index (χ1) is 4.50. The molecular formula is C4H2BrClO3S. The summed E-state index contributed by atoms with van der Waals surface area (Å²) < 4.78 is 26.0. The summed E-state index contributed by atoms with van der Waals surface area (Å²) in [6.45, 7) is 0. The van der Waals surface area contributed by atoms with Gasteiger partial charge >= 0.3 is 0 Å². The summed E-state index contributed by atoms with van der Waals surface area (Å²) in [7, 11) is 1.22. The van der Waals surface area contributed by atoms with Crippen LogP contribution in [0.1, 0.15) is 0 Å². The number of furan rings is 1. The SMILES string of the molecule is O=S(=O)(Cl)c1ccc(Br)o1. The van der Waals surface area contributed by atoms with Crippen LogP contribution in [0.5, 0.6) is 0 Å². The maximum atomic E-state index is 10.5. The van der Waals surface area contributed by atoms with Crippen molar-refractivity contribution in [3.63, 3.8) is 0 Å². The van der Waals surface area contributed by atoms with Crippen LogP contribution in [0.25, 0.3) is 0 Å². The lowest BCUT2D eigenvalue weighted by molar-refractivity contribution is 0.436. The molecule has 0 saturated carbocycles. The van der Waals surface area contributed by atoms with Gasteiger partial charge in [0.1, 0.15) is 0 Å². The molecule has 10 heavy (non-hydrogen) atoms. The fourth-order valence-electron chi connectivity index (χ4n) is 0.429. The van der Waals surface area contributed by atoms with Gasteiger partial charge in [-0.25, -0.2) is 8.42 Å². The van der Waals surface area contributed by atoms with Crippen molar-refractivity contribution >= 4 is 35.7 Å². The highest BCUT2D eigenvalue weighted by Gasteiger charge is 2.13. The van der Waals surface area contributed by atoms with Gasteiger partial charge in [-0.15, -0.1) is 0 Å². The topological polar surface area (TPSA) is 47.3 Å². The summed E-state index contributed by atoms with van der Waals surface area (Å²) >= 11 is 2.93. The lowest BCUT2D eigenvalue weighted by Crippen LogP contribution is -1.84. The maximum absolute atomic E-state index is 10.5. The highest BCUT2D eigenvalue weighted by Crippen LogP contribution is 2.21. The molecule has 0 saturated heterocycles. The molecule has 6 heteroatoms. The molecule has 56 valence electrons. The van der Waals surface area contributed by atoms with E-state index in [4.69, 9.17) is 10.7 Å². The van der Waals surface area contributed by atoms with Crippen molar-refractivity contribution in [3.8, 4) is 0 Å². The Bertz CT molecular complexity index is 328. The largest absolute Gasteiger partial charge is 0.437 e. The summed E-state index contributed by atoms with van der Waals surface area (Å²) in [6, 6.07) is 2.72. The van der Waals surface area contributed by atoms with Gasteiger partial charge in [-0.2, -0.15) is 0 Å². The van der Waals surface area contributed by atoms with Gasteiger partial charge in [0.05, 0.1) is 0 Å². The van der Waals surface area contributed by atoms with Crippen molar-refractivity contribution in [1.29, 1.82) is 0 Å². The fraction of sp³-hybridized carbons (Fsp3) is 0. The molecule has 0 aliphatic rings. The van der Waals surface area contributed by atoms with Gasteiger partial charge in [-0.3, -0.25) is 0 Å². The number of halogens is 2. The van der Waals surface area contributed by atoms with Crippen molar-refractivity contribution in [2.45, 2.75) is 5.09 Å². The normalized spacial score (nSPS) is 11.8. The van der Waals surface area contributed by atoms with E-state index in [9.17, 15) is 8.42 Å². The number of rotatable bonds is 1. The lowest BCUT2D eigenvalue weighted by Gasteiger charge is -1.84. The van der Waals surface area contributed by atoms with Crippen molar-refractivity contribution in [2.24, 2.45) is 0 Å². The van der Waals surface area contributed by atoms with E-state index in [-0.39, 0.29) is 5.09 Å². The Morgan fingerprint density at radius 1 is 1.50 bits per heavy atom. The van der Waals surface area contributed by atoms with Crippen LogP contribution in [0.15, 0.2) is 26.3 Å². The first kappa shape index (κ1) is 8.10. The molecular weight excluding hydrogens is 243 g/mol. The van der Waals surface area contributed by atoms with Gasteiger partial charge in [0, 0.05) is 10.7 Å². The Morgan fingerprint density at radius 3 is 2.30 bits per heavy atom. The summed E-state index contributed by atoms with van der Waals surface area (Å²) in [6.07, 6.45) is 0. The van der Waals surface area contributed by atoms with E-state index in [1.807, 2.05) is 0 Å². The molecule has 0 N–H and O–H groups in total. The monoisotopic (exact) mass is 244 g/mol. The Kier molecular flexibility index (Phi) is 2.07. The molecule has 0 bridgehead atoms. The van der Waals surface area contributed by atoms with Gasteiger partial charge in [-0.05, 0) is 28.1 Å². The Morgan fingerprint density at radius 2 is 2.10 bits per heavy atom. The average Bonchev–Trinajstić information content (AvgIpc) is 2.11. The Labute approximate surface area is 70.5 Å². The molecule has 0 fully saturated rings. The number of hydrogen-bond acceptors (Lipinski definition) is 3. The van der Waals surface area contributed by atoms with E-state index in [1.54, 1.807) is 0 Å². The summed E-state index contributed by atoms with van der Waals surface area (Å²) in [5.41, 5.74) is 0. The van der Waals surface area contributed by atoms with Crippen LogP contribution in [0, 0.1) is 0 Å². The zero-order valence-corrected chi connectivity index (χ0v) is 7.70. The Balaban J connectivity index is 3.21.